The number of nitrogens with zero attached hydrogens (tertiary/aromatic N) is 1. The lowest BCUT2D eigenvalue weighted by Crippen LogP contribution is -2.50. The second kappa shape index (κ2) is 6.50. The van der Waals surface area contributed by atoms with Crippen molar-refractivity contribution in [3.05, 3.63) is 35.4 Å². The normalized spacial score (nSPS) is 26.1. The van der Waals surface area contributed by atoms with Crippen LogP contribution in [0.25, 0.3) is 0 Å². The summed E-state index contributed by atoms with van der Waals surface area (Å²) in [5.41, 5.74) is 7.00. The lowest BCUT2D eigenvalue weighted by Gasteiger charge is -2.41. The average molecular weight is 357 g/mol. The topological polar surface area (TPSA) is 87.5 Å². The standard InChI is InChI=1S/C20H25N2O4/c1-19(2,3)26-20(18(21)25)10-8-13(9-11-20)12-22-16(23)14-6-4-5-7-15(14)17(22)24/h4-7,13,21H,8-12H2,1-3H3. The van der Waals surface area contributed by atoms with Crippen LogP contribution in [0.4, 0.5) is 0 Å². The number of carbonyl (C=O) groups is 3. The molecule has 2 aliphatic rings. The van der Waals surface area contributed by atoms with Gasteiger partial charge in [0.2, 0.25) is 0 Å². The van der Waals surface area contributed by atoms with E-state index in [0.29, 0.717) is 43.4 Å². The molecule has 0 saturated heterocycles. The average Bonchev–Trinajstić information content (AvgIpc) is 2.80. The van der Waals surface area contributed by atoms with Crippen molar-refractivity contribution in [3.63, 3.8) is 0 Å². The quantitative estimate of drug-likeness (QED) is 0.775. The van der Waals surface area contributed by atoms with Crippen LogP contribution in [0.1, 0.15) is 67.2 Å². The van der Waals surface area contributed by atoms with E-state index in [1.165, 1.54) is 4.90 Å². The van der Waals surface area contributed by atoms with Crippen LogP contribution in [0.15, 0.2) is 24.3 Å². The van der Waals surface area contributed by atoms with Gasteiger partial charge in [0, 0.05) is 6.54 Å². The maximum atomic E-state index is 12.5. The van der Waals surface area contributed by atoms with Crippen LogP contribution in [-0.2, 0) is 9.53 Å². The van der Waals surface area contributed by atoms with Gasteiger partial charge in [-0.3, -0.25) is 25.0 Å². The maximum Gasteiger partial charge on any atom is 0.270 e. The molecule has 6 heteroatoms. The molecule has 1 N–H and O–H groups in total. The summed E-state index contributed by atoms with van der Waals surface area (Å²) in [4.78, 5) is 38.2. The molecule has 0 bridgehead atoms. The summed E-state index contributed by atoms with van der Waals surface area (Å²) in [5, 5.41) is 0. The van der Waals surface area contributed by atoms with Gasteiger partial charge in [0.25, 0.3) is 17.7 Å². The molecular formula is C20H25N2O4. The monoisotopic (exact) mass is 357 g/mol. The minimum atomic E-state index is -1.07. The summed E-state index contributed by atoms with van der Waals surface area (Å²) in [7, 11) is 0. The maximum absolute atomic E-state index is 12.5. The molecule has 139 valence electrons. The van der Waals surface area contributed by atoms with E-state index in [9.17, 15) is 14.4 Å². The van der Waals surface area contributed by atoms with E-state index in [1.807, 2.05) is 20.8 Å². The van der Waals surface area contributed by atoms with Crippen LogP contribution >= 0.6 is 0 Å². The number of nitrogens with one attached hydrogen (secondary N) is 1. The van der Waals surface area contributed by atoms with Crippen LogP contribution in [-0.4, -0.2) is 40.4 Å². The van der Waals surface area contributed by atoms with Crippen LogP contribution in [0.3, 0.4) is 0 Å². The minimum absolute atomic E-state index is 0.119. The molecule has 1 heterocycles. The van der Waals surface area contributed by atoms with Crippen molar-refractivity contribution >= 4 is 17.7 Å². The molecule has 1 aliphatic heterocycles. The molecule has 6 nitrogen and oxygen atoms in total. The number of carbonyl (C=O) groups excluding carboxylic acids is 3. The number of hydrogen-bond acceptors (Lipinski definition) is 4. The van der Waals surface area contributed by atoms with Crippen molar-refractivity contribution in [1.82, 2.24) is 10.6 Å². The Morgan fingerprint density at radius 2 is 1.65 bits per heavy atom. The zero-order valence-corrected chi connectivity index (χ0v) is 15.5. The zero-order valence-electron chi connectivity index (χ0n) is 15.5. The third kappa shape index (κ3) is 3.38. The van der Waals surface area contributed by atoms with Crippen molar-refractivity contribution in [1.29, 1.82) is 0 Å². The number of benzene rings is 1. The highest BCUT2D eigenvalue weighted by Gasteiger charge is 2.46. The van der Waals surface area contributed by atoms with Crippen LogP contribution < -0.4 is 5.73 Å². The van der Waals surface area contributed by atoms with Crippen molar-refractivity contribution in [2.75, 3.05) is 6.54 Å². The summed E-state index contributed by atoms with van der Waals surface area (Å²) in [6.45, 7) is 5.98. The van der Waals surface area contributed by atoms with Gasteiger partial charge in [-0.05, 0) is 64.5 Å². The van der Waals surface area contributed by atoms with Crippen LogP contribution in [0.5, 0.6) is 0 Å². The molecule has 0 aromatic heterocycles. The van der Waals surface area contributed by atoms with E-state index in [1.54, 1.807) is 24.3 Å². The summed E-state index contributed by atoms with van der Waals surface area (Å²) in [5.74, 6) is -1.06. The Morgan fingerprint density at radius 3 is 2.08 bits per heavy atom. The van der Waals surface area contributed by atoms with E-state index < -0.39 is 17.1 Å². The van der Waals surface area contributed by atoms with Gasteiger partial charge in [0.15, 0.2) is 0 Å². The van der Waals surface area contributed by atoms with Gasteiger partial charge in [0.1, 0.15) is 5.60 Å². The van der Waals surface area contributed by atoms with Gasteiger partial charge in [-0.1, -0.05) is 12.1 Å². The molecule has 3 amide bonds. The lowest BCUT2D eigenvalue weighted by molar-refractivity contribution is -0.175. The van der Waals surface area contributed by atoms with Gasteiger partial charge in [-0.15, -0.1) is 0 Å². The Hall–Kier alpha value is -2.21. The molecule has 1 aliphatic carbocycles. The predicted octanol–water partition coefficient (Wildman–Crippen LogP) is 2.84. The van der Waals surface area contributed by atoms with Gasteiger partial charge < -0.3 is 4.74 Å². The fraction of sp³-hybridized carbons (Fsp3) is 0.550. The van der Waals surface area contributed by atoms with Gasteiger partial charge in [-0.2, -0.15) is 0 Å². The molecule has 1 aromatic rings. The number of hydrogen-bond donors (Lipinski definition) is 0. The summed E-state index contributed by atoms with van der Waals surface area (Å²) < 4.78 is 5.95. The van der Waals surface area contributed by atoms with E-state index in [-0.39, 0.29) is 17.7 Å². The smallest absolute Gasteiger partial charge is 0.270 e. The predicted molar refractivity (Wildman–Crippen MR) is 95.4 cm³/mol. The first-order chi connectivity index (χ1) is 12.1. The zero-order chi connectivity index (χ0) is 19.1. The van der Waals surface area contributed by atoms with Crippen LogP contribution in [0.2, 0.25) is 0 Å². The minimum Gasteiger partial charge on any atom is -0.360 e. The molecule has 1 fully saturated rings. The Balaban J connectivity index is 1.67. The van der Waals surface area contributed by atoms with Crippen molar-refractivity contribution in [3.8, 4) is 0 Å². The Kier molecular flexibility index (Phi) is 4.65. The summed E-state index contributed by atoms with van der Waals surface area (Å²) >= 11 is 0. The second-order valence-corrected chi connectivity index (χ2v) is 8.25. The van der Waals surface area contributed by atoms with Gasteiger partial charge >= 0.3 is 0 Å². The fourth-order valence-corrected chi connectivity index (χ4v) is 3.95. The van der Waals surface area contributed by atoms with E-state index in [4.69, 9.17) is 10.5 Å². The fourth-order valence-electron chi connectivity index (χ4n) is 3.95. The molecular weight excluding hydrogens is 332 g/mol. The van der Waals surface area contributed by atoms with Gasteiger partial charge in [-0.25, -0.2) is 0 Å². The first kappa shape index (κ1) is 18.6. The van der Waals surface area contributed by atoms with Crippen molar-refractivity contribution in [2.24, 2.45) is 5.92 Å². The summed E-state index contributed by atoms with van der Waals surface area (Å²) in [6.07, 6.45) is 2.18. The van der Waals surface area contributed by atoms with Crippen LogP contribution in [0, 0.1) is 5.92 Å². The number of imide groups is 1. The SMILES string of the molecule is CC(C)(C)OC1(C([NH])=O)CCC(CN2C(=O)c3ccccc3C2=O)CC1. The number of fused-ring (bicyclic) bond motifs is 1. The second-order valence-electron chi connectivity index (χ2n) is 8.25. The first-order valence-corrected chi connectivity index (χ1v) is 9.04. The Bertz CT molecular complexity index is 707. The third-order valence-corrected chi connectivity index (χ3v) is 5.15. The number of amides is 3. The largest absolute Gasteiger partial charge is 0.360 e. The number of ether oxygens (including phenoxy) is 1. The Labute approximate surface area is 153 Å². The van der Waals surface area contributed by atoms with E-state index >= 15 is 0 Å². The molecule has 26 heavy (non-hydrogen) atoms. The van der Waals surface area contributed by atoms with Gasteiger partial charge in [0.05, 0.1) is 16.7 Å². The molecule has 1 radical (unpaired) electrons. The molecule has 0 unspecified atom stereocenters. The highest BCUT2D eigenvalue weighted by atomic mass is 16.5. The molecule has 0 atom stereocenters. The van der Waals surface area contributed by atoms with E-state index in [0.717, 1.165) is 0 Å². The molecule has 0 spiro atoms. The Morgan fingerprint density at radius 1 is 1.15 bits per heavy atom. The number of rotatable bonds is 4. The third-order valence-electron chi connectivity index (χ3n) is 5.15. The van der Waals surface area contributed by atoms with Crippen molar-refractivity contribution in [2.45, 2.75) is 57.7 Å². The molecule has 1 saturated carbocycles. The molecule has 3 rings (SSSR count). The summed E-state index contributed by atoms with van der Waals surface area (Å²) in [6, 6.07) is 6.87. The highest BCUT2D eigenvalue weighted by Crippen LogP contribution is 2.39. The molecule has 1 aromatic carbocycles. The highest BCUT2D eigenvalue weighted by molar-refractivity contribution is 6.21. The first-order valence-electron chi connectivity index (χ1n) is 9.04. The van der Waals surface area contributed by atoms with Crippen molar-refractivity contribution < 1.29 is 19.1 Å². The lowest BCUT2D eigenvalue weighted by atomic mass is 9.77. The van der Waals surface area contributed by atoms with E-state index in [2.05, 4.69) is 0 Å².